The highest BCUT2D eigenvalue weighted by Crippen LogP contribution is 2.49. The maximum atomic E-state index is 14.1. The summed E-state index contributed by atoms with van der Waals surface area (Å²) in [5.74, 6) is -0.0223. The van der Waals surface area contributed by atoms with Crippen molar-refractivity contribution in [3.8, 4) is 22.6 Å². The number of rotatable bonds is 4. The van der Waals surface area contributed by atoms with E-state index in [1.807, 2.05) is 30.3 Å². The molecule has 1 heterocycles. The van der Waals surface area contributed by atoms with Crippen LogP contribution in [0.1, 0.15) is 22.8 Å². The highest BCUT2D eigenvalue weighted by Gasteiger charge is 2.30. The standard InChI is InChI=1S/C21H18FNO4S/c1-26-18-10-15(22)11-19-20(18)16-8-7-13(12-28(23,24)25)9-17(16)21(27-19)14-5-3-2-4-6-14/h2-11,21H,12H2,1H3,(H2,23,24,25). The van der Waals surface area contributed by atoms with Crippen LogP contribution in [0.25, 0.3) is 11.1 Å². The minimum absolute atomic E-state index is 0.283. The molecule has 4 rings (SSSR count). The Bertz CT molecular complexity index is 1150. The fraction of sp³-hybridized carbons (Fsp3) is 0.143. The molecule has 3 aromatic carbocycles. The van der Waals surface area contributed by atoms with Crippen molar-refractivity contribution in [2.24, 2.45) is 5.14 Å². The number of primary sulfonamides is 1. The zero-order chi connectivity index (χ0) is 19.9. The zero-order valence-corrected chi connectivity index (χ0v) is 15.9. The average molecular weight is 399 g/mol. The summed E-state index contributed by atoms with van der Waals surface area (Å²) in [4.78, 5) is 0. The second-order valence-corrected chi connectivity index (χ2v) is 8.23. The van der Waals surface area contributed by atoms with Gasteiger partial charge in [0.2, 0.25) is 10.0 Å². The maximum Gasteiger partial charge on any atom is 0.213 e. The maximum absolute atomic E-state index is 14.1. The lowest BCUT2D eigenvalue weighted by Crippen LogP contribution is -2.18. The molecular formula is C21H18FNO4S. The number of sulfonamides is 1. The molecule has 0 saturated carbocycles. The molecule has 0 radical (unpaired) electrons. The van der Waals surface area contributed by atoms with Gasteiger partial charge in [-0.05, 0) is 16.7 Å². The Morgan fingerprint density at radius 1 is 1.11 bits per heavy atom. The third kappa shape index (κ3) is 3.46. The second-order valence-electron chi connectivity index (χ2n) is 6.62. The van der Waals surface area contributed by atoms with Crippen molar-refractivity contribution in [3.63, 3.8) is 0 Å². The van der Waals surface area contributed by atoms with E-state index >= 15 is 0 Å². The molecule has 0 aromatic heterocycles. The Labute approximate surface area is 162 Å². The van der Waals surface area contributed by atoms with Gasteiger partial charge in [0.25, 0.3) is 0 Å². The quantitative estimate of drug-likeness (QED) is 0.724. The third-order valence-electron chi connectivity index (χ3n) is 4.63. The van der Waals surface area contributed by atoms with E-state index in [0.29, 0.717) is 22.6 Å². The number of halogens is 1. The van der Waals surface area contributed by atoms with E-state index in [9.17, 15) is 12.8 Å². The van der Waals surface area contributed by atoms with Gasteiger partial charge in [0.05, 0.1) is 18.4 Å². The van der Waals surface area contributed by atoms with Crippen LogP contribution in [0.2, 0.25) is 0 Å². The Morgan fingerprint density at radius 2 is 1.86 bits per heavy atom. The van der Waals surface area contributed by atoms with Crippen molar-refractivity contribution in [3.05, 3.63) is 83.2 Å². The molecule has 0 spiro atoms. The fourth-order valence-electron chi connectivity index (χ4n) is 3.52. The highest BCUT2D eigenvalue weighted by molar-refractivity contribution is 7.88. The van der Waals surface area contributed by atoms with Crippen LogP contribution in [-0.2, 0) is 15.8 Å². The zero-order valence-electron chi connectivity index (χ0n) is 15.1. The summed E-state index contributed by atoms with van der Waals surface area (Å²) in [6, 6.07) is 17.4. The van der Waals surface area contributed by atoms with Crippen LogP contribution < -0.4 is 14.6 Å². The summed E-state index contributed by atoms with van der Waals surface area (Å²) < 4.78 is 48.7. The molecule has 144 valence electrons. The molecule has 0 bridgehead atoms. The molecule has 3 aromatic rings. The molecule has 1 atom stereocenters. The molecule has 5 nitrogen and oxygen atoms in total. The van der Waals surface area contributed by atoms with Gasteiger partial charge in [0.1, 0.15) is 23.4 Å². The van der Waals surface area contributed by atoms with E-state index in [1.54, 1.807) is 18.2 Å². The molecule has 1 aliphatic heterocycles. The van der Waals surface area contributed by atoms with Gasteiger partial charge in [0, 0.05) is 17.7 Å². The summed E-state index contributed by atoms with van der Waals surface area (Å²) in [7, 11) is -2.21. The van der Waals surface area contributed by atoms with E-state index in [1.165, 1.54) is 19.2 Å². The topological polar surface area (TPSA) is 78.6 Å². The number of methoxy groups -OCH3 is 1. The van der Waals surface area contributed by atoms with Gasteiger partial charge in [0.15, 0.2) is 0 Å². The van der Waals surface area contributed by atoms with Crippen LogP contribution >= 0.6 is 0 Å². The lowest BCUT2D eigenvalue weighted by molar-refractivity contribution is 0.240. The Balaban J connectivity index is 1.95. The molecule has 1 aliphatic rings. The lowest BCUT2D eigenvalue weighted by Gasteiger charge is -2.30. The van der Waals surface area contributed by atoms with Gasteiger partial charge in [-0.25, -0.2) is 17.9 Å². The summed E-state index contributed by atoms with van der Waals surface area (Å²) in [5.41, 5.74) is 3.61. The predicted octanol–water partition coefficient (Wildman–Crippen LogP) is 3.77. The van der Waals surface area contributed by atoms with Gasteiger partial charge in [-0.2, -0.15) is 0 Å². The number of nitrogens with two attached hydrogens (primary N) is 1. The first-order valence-corrected chi connectivity index (χ1v) is 10.3. The van der Waals surface area contributed by atoms with Crippen LogP contribution in [0.5, 0.6) is 11.5 Å². The van der Waals surface area contributed by atoms with Crippen LogP contribution in [0.3, 0.4) is 0 Å². The van der Waals surface area contributed by atoms with E-state index in [0.717, 1.165) is 16.7 Å². The number of fused-ring (bicyclic) bond motifs is 3. The first-order valence-electron chi connectivity index (χ1n) is 8.58. The van der Waals surface area contributed by atoms with Gasteiger partial charge < -0.3 is 9.47 Å². The Hall–Kier alpha value is -2.90. The van der Waals surface area contributed by atoms with Crippen LogP contribution in [-0.4, -0.2) is 15.5 Å². The van der Waals surface area contributed by atoms with Gasteiger partial charge in [-0.3, -0.25) is 0 Å². The summed E-state index contributed by atoms with van der Waals surface area (Å²) in [5, 5.41) is 5.21. The fourth-order valence-corrected chi connectivity index (χ4v) is 4.17. The molecule has 2 N–H and O–H groups in total. The summed E-state index contributed by atoms with van der Waals surface area (Å²) >= 11 is 0. The molecule has 1 unspecified atom stereocenters. The van der Waals surface area contributed by atoms with Crippen molar-refractivity contribution < 1.29 is 22.3 Å². The van der Waals surface area contributed by atoms with Crippen molar-refractivity contribution in [2.45, 2.75) is 11.9 Å². The van der Waals surface area contributed by atoms with E-state index in [-0.39, 0.29) is 5.75 Å². The number of hydrogen-bond donors (Lipinski definition) is 1. The smallest absolute Gasteiger partial charge is 0.213 e. The first-order chi connectivity index (χ1) is 13.4. The molecule has 0 aliphatic carbocycles. The molecular weight excluding hydrogens is 381 g/mol. The minimum Gasteiger partial charge on any atom is -0.496 e. The minimum atomic E-state index is -3.68. The van der Waals surface area contributed by atoms with Crippen LogP contribution in [0.4, 0.5) is 4.39 Å². The van der Waals surface area contributed by atoms with Gasteiger partial charge in [-0.15, -0.1) is 0 Å². The SMILES string of the molecule is COc1cc(F)cc2c1-c1ccc(CS(N)(=O)=O)cc1C(c1ccccc1)O2. The normalized spacial score (nSPS) is 15.3. The number of benzene rings is 3. The van der Waals surface area contributed by atoms with Crippen molar-refractivity contribution in [2.75, 3.05) is 7.11 Å². The van der Waals surface area contributed by atoms with Crippen molar-refractivity contribution in [1.29, 1.82) is 0 Å². The molecule has 0 fully saturated rings. The van der Waals surface area contributed by atoms with Crippen molar-refractivity contribution >= 4 is 10.0 Å². The summed E-state index contributed by atoms with van der Waals surface area (Å²) in [6.45, 7) is 0. The Kier molecular flexibility index (Phi) is 4.56. The van der Waals surface area contributed by atoms with Crippen LogP contribution in [0, 0.1) is 5.82 Å². The largest absolute Gasteiger partial charge is 0.496 e. The summed E-state index contributed by atoms with van der Waals surface area (Å²) in [6.07, 6.45) is -0.518. The lowest BCUT2D eigenvalue weighted by atomic mass is 9.88. The average Bonchev–Trinajstić information content (AvgIpc) is 2.65. The van der Waals surface area contributed by atoms with E-state index in [2.05, 4.69) is 0 Å². The first kappa shape index (κ1) is 18.5. The monoisotopic (exact) mass is 399 g/mol. The van der Waals surface area contributed by atoms with Gasteiger partial charge >= 0.3 is 0 Å². The second kappa shape index (κ2) is 6.92. The highest BCUT2D eigenvalue weighted by atomic mass is 32.2. The number of hydrogen-bond acceptors (Lipinski definition) is 4. The van der Waals surface area contributed by atoms with E-state index in [4.69, 9.17) is 14.6 Å². The van der Waals surface area contributed by atoms with Gasteiger partial charge in [-0.1, -0.05) is 48.5 Å². The molecule has 7 heteroatoms. The molecule has 28 heavy (non-hydrogen) atoms. The van der Waals surface area contributed by atoms with Crippen molar-refractivity contribution in [1.82, 2.24) is 0 Å². The van der Waals surface area contributed by atoms with Crippen LogP contribution in [0.15, 0.2) is 60.7 Å². The Morgan fingerprint density at radius 3 is 2.54 bits per heavy atom. The number of ether oxygens (including phenoxy) is 2. The predicted molar refractivity (Wildman–Crippen MR) is 104 cm³/mol. The van der Waals surface area contributed by atoms with E-state index < -0.39 is 21.9 Å². The molecule has 0 amide bonds. The third-order valence-corrected chi connectivity index (χ3v) is 5.37. The molecule has 0 saturated heterocycles.